The van der Waals surface area contributed by atoms with Crippen molar-refractivity contribution in [2.24, 2.45) is 0 Å². The highest BCUT2D eigenvalue weighted by atomic mass is 16.6. The van der Waals surface area contributed by atoms with Crippen LogP contribution in [0.1, 0.15) is 25.7 Å². The largest absolute Gasteiger partial charge is 0.484 e. The zero-order chi connectivity index (χ0) is 16.4. The number of nitro benzene ring substituents is 1. The molecule has 22 heavy (non-hydrogen) atoms. The van der Waals surface area contributed by atoms with Gasteiger partial charge in [0.25, 0.3) is 11.6 Å². The maximum atomic E-state index is 11.5. The number of unbranched alkanes of at least 4 members (excludes halogenated alkanes) is 2. The first kappa shape index (κ1) is 17.4. The van der Waals surface area contributed by atoms with Crippen LogP contribution in [-0.2, 0) is 9.59 Å². The molecule has 1 rings (SSSR count). The number of nitrogens with one attached hydrogen (secondary N) is 1. The first-order chi connectivity index (χ1) is 10.5. The number of ether oxygens (including phenoxy) is 1. The summed E-state index contributed by atoms with van der Waals surface area (Å²) < 4.78 is 5.20. The molecule has 0 atom stereocenters. The summed E-state index contributed by atoms with van der Waals surface area (Å²) >= 11 is 0. The number of hydrogen-bond donors (Lipinski definition) is 2. The van der Waals surface area contributed by atoms with Gasteiger partial charge in [0.1, 0.15) is 5.75 Å². The number of benzene rings is 1. The molecule has 0 saturated carbocycles. The lowest BCUT2D eigenvalue weighted by molar-refractivity contribution is -0.384. The van der Waals surface area contributed by atoms with Gasteiger partial charge in [-0.1, -0.05) is 6.42 Å². The molecule has 0 radical (unpaired) electrons. The van der Waals surface area contributed by atoms with Crippen molar-refractivity contribution in [2.75, 3.05) is 13.2 Å². The standard InChI is InChI=1S/C14H18N2O6/c17-13(15-9-3-1-2-4-14(18)19)10-22-12-7-5-11(6-8-12)16(20)21/h5-8H,1-4,9-10H2,(H,15,17)(H,18,19). The summed E-state index contributed by atoms with van der Waals surface area (Å²) in [4.78, 5) is 31.8. The molecule has 8 nitrogen and oxygen atoms in total. The average Bonchev–Trinajstić information content (AvgIpc) is 2.48. The lowest BCUT2D eigenvalue weighted by atomic mass is 10.2. The number of carboxylic acid groups (broad SMARTS) is 1. The Balaban J connectivity index is 2.15. The van der Waals surface area contributed by atoms with Crippen LogP contribution in [0.4, 0.5) is 5.69 Å². The molecule has 1 aromatic rings. The van der Waals surface area contributed by atoms with Crippen LogP contribution in [0.5, 0.6) is 5.75 Å². The van der Waals surface area contributed by atoms with Gasteiger partial charge in [-0.2, -0.15) is 0 Å². The van der Waals surface area contributed by atoms with Crippen molar-refractivity contribution in [2.45, 2.75) is 25.7 Å². The van der Waals surface area contributed by atoms with E-state index in [1.54, 1.807) is 0 Å². The van der Waals surface area contributed by atoms with Crippen LogP contribution < -0.4 is 10.1 Å². The summed E-state index contributed by atoms with van der Waals surface area (Å²) in [6.07, 6.45) is 2.16. The second kappa shape index (κ2) is 9.32. The fraction of sp³-hybridized carbons (Fsp3) is 0.429. The maximum Gasteiger partial charge on any atom is 0.303 e. The van der Waals surface area contributed by atoms with Gasteiger partial charge in [0.2, 0.25) is 0 Å². The molecule has 1 aromatic carbocycles. The predicted molar refractivity (Wildman–Crippen MR) is 77.7 cm³/mol. The number of carbonyl (C=O) groups is 2. The Labute approximate surface area is 127 Å². The van der Waals surface area contributed by atoms with Crippen LogP contribution in [0, 0.1) is 10.1 Å². The Morgan fingerprint density at radius 1 is 1.18 bits per heavy atom. The second-order valence-electron chi connectivity index (χ2n) is 4.59. The number of carbonyl (C=O) groups excluding carboxylic acids is 1. The van der Waals surface area contributed by atoms with E-state index in [0.29, 0.717) is 25.1 Å². The van der Waals surface area contributed by atoms with Crippen LogP contribution in [0.25, 0.3) is 0 Å². The molecule has 8 heteroatoms. The smallest absolute Gasteiger partial charge is 0.303 e. The van der Waals surface area contributed by atoms with Gasteiger partial charge in [-0.3, -0.25) is 19.7 Å². The van der Waals surface area contributed by atoms with Crippen molar-refractivity contribution < 1.29 is 24.4 Å². The van der Waals surface area contributed by atoms with Crippen LogP contribution in [0.3, 0.4) is 0 Å². The summed E-state index contributed by atoms with van der Waals surface area (Å²) in [6, 6.07) is 5.46. The van der Waals surface area contributed by atoms with Gasteiger partial charge >= 0.3 is 5.97 Å². The van der Waals surface area contributed by atoms with Crippen LogP contribution in [0.15, 0.2) is 24.3 Å². The Kier molecular flexibility index (Phi) is 7.38. The van der Waals surface area contributed by atoms with Crippen molar-refractivity contribution in [1.29, 1.82) is 0 Å². The molecule has 0 bridgehead atoms. The first-order valence-corrected chi connectivity index (χ1v) is 6.85. The van der Waals surface area contributed by atoms with E-state index >= 15 is 0 Å². The number of amides is 1. The maximum absolute atomic E-state index is 11.5. The van der Waals surface area contributed by atoms with Gasteiger partial charge in [-0.05, 0) is 25.0 Å². The minimum absolute atomic E-state index is 0.0434. The number of carboxylic acids is 1. The van der Waals surface area contributed by atoms with Gasteiger partial charge in [0.15, 0.2) is 6.61 Å². The Hall–Kier alpha value is -2.64. The summed E-state index contributed by atoms with van der Waals surface area (Å²) in [7, 11) is 0. The molecule has 0 heterocycles. The molecular weight excluding hydrogens is 292 g/mol. The topological polar surface area (TPSA) is 119 Å². The molecule has 0 saturated heterocycles. The first-order valence-electron chi connectivity index (χ1n) is 6.85. The second-order valence-corrected chi connectivity index (χ2v) is 4.59. The summed E-state index contributed by atoms with van der Waals surface area (Å²) in [5.41, 5.74) is -0.0434. The van der Waals surface area contributed by atoms with Gasteiger partial charge in [0, 0.05) is 25.1 Å². The summed E-state index contributed by atoms with van der Waals surface area (Å²) in [5.74, 6) is -0.737. The third-order valence-corrected chi connectivity index (χ3v) is 2.81. The van der Waals surface area contributed by atoms with E-state index in [-0.39, 0.29) is 24.6 Å². The minimum Gasteiger partial charge on any atom is -0.484 e. The van der Waals surface area contributed by atoms with E-state index in [4.69, 9.17) is 9.84 Å². The molecule has 1 amide bonds. The number of nitro groups is 1. The highest BCUT2D eigenvalue weighted by Gasteiger charge is 2.06. The summed E-state index contributed by atoms with van der Waals surface area (Å²) in [5, 5.41) is 21.6. The lowest BCUT2D eigenvalue weighted by Gasteiger charge is -2.07. The lowest BCUT2D eigenvalue weighted by Crippen LogP contribution is -2.29. The van der Waals surface area contributed by atoms with Crippen LogP contribution in [-0.4, -0.2) is 35.1 Å². The number of non-ortho nitro benzene ring substituents is 1. The number of rotatable bonds is 10. The van der Waals surface area contributed by atoms with E-state index in [1.807, 2.05) is 0 Å². The fourth-order valence-electron chi connectivity index (χ4n) is 1.67. The van der Waals surface area contributed by atoms with Crippen molar-refractivity contribution in [3.63, 3.8) is 0 Å². The fourth-order valence-corrected chi connectivity index (χ4v) is 1.67. The molecule has 0 aliphatic rings. The number of nitrogens with zero attached hydrogens (tertiary/aromatic N) is 1. The Morgan fingerprint density at radius 3 is 2.45 bits per heavy atom. The van der Waals surface area contributed by atoms with Gasteiger partial charge in [-0.15, -0.1) is 0 Å². The molecule has 0 aliphatic carbocycles. The number of aliphatic carboxylic acids is 1. The average molecular weight is 310 g/mol. The van der Waals surface area contributed by atoms with E-state index < -0.39 is 10.9 Å². The van der Waals surface area contributed by atoms with E-state index in [2.05, 4.69) is 5.32 Å². The summed E-state index contributed by atoms with van der Waals surface area (Å²) in [6.45, 7) is 0.287. The van der Waals surface area contributed by atoms with Gasteiger partial charge < -0.3 is 15.2 Å². The minimum atomic E-state index is -0.819. The third-order valence-electron chi connectivity index (χ3n) is 2.81. The molecule has 0 fully saturated rings. The van der Waals surface area contributed by atoms with Gasteiger partial charge in [-0.25, -0.2) is 0 Å². The van der Waals surface area contributed by atoms with E-state index in [9.17, 15) is 19.7 Å². The molecule has 0 aromatic heterocycles. The van der Waals surface area contributed by atoms with Crippen molar-refractivity contribution in [3.05, 3.63) is 34.4 Å². The van der Waals surface area contributed by atoms with Crippen molar-refractivity contribution in [1.82, 2.24) is 5.32 Å². The molecule has 0 unspecified atom stereocenters. The van der Waals surface area contributed by atoms with E-state index in [0.717, 1.165) is 6.42 Å². The zero-order valence-corrected chi connectivity index (χ0v) is 12.0. The highest BCUT2D eigenvalue weighted by molar-refractivity contribution is 5.77. The van der Waals surface area contributed by atoms with Crippen molar-refractivity contribution in [3.8, 4) is 5.75 Å². The van der Waals surface area contributed by atoms with Gasteiger partial charge in [0.05, 0.1) is 4.92 Å². The SMILES string of the molecule is O=C(O)CCCCCNC(=O)COc1ccc([N+](=O)[O-])cc1. The predicted octanol–water partition coefficient (Wildman–Crippen LogP) is 1.73. The molecular formula is C14H18N2O6. The normalized spacial score (nSPS) is 10.0. The Bertz CT molecular complexity index is 515. The monoisotopic (exact) mass is 310 g/mol. The van der Waals surface area contributed by atoms with Crippen LogP contribution >= 0.6 is 0 Å². The highest BCUT2D eigenvalue weighted by Crippen LogP contribution is 2.16. The Morgan fingerprint density at radius 2 is 1.86 bits per heavy atom. The number of hydrogen-bond acceptors (Lipinski definition) is 5. The molecule has 0 spiro atoms. The zero-order valence-electron chi connectivity index (χ0n) is 12.0. The molecule has 2 N–H and O–H groups in total. The third kappa shape index (κ3) is 7.22. The molecule has 0 aliphatic heterocycles. The quantitative estimate of drug-likeness (QED) is 0.386. The van der Waals surface area contributed by atoms with Crippen molar-refractivity contribution >= 4 is 17.6 Å². The van der Waals surface area contributed by atoms with Crippen LogP contribution in [0.2, 0.25) is 0 Å². The van der Waals surface area contributed by atoms with E-state index in [1.165, 1.54) is 24.3 Å². The molecule has 120 valence electrons.